The Hall–Kier alpha value is -4.21. The summed E-state index contributed by atoms with van der Waals surface area (Å²) < 4.78 is 32.4. The Labute approximate surface area is 241 Å². The Morgan fingerprint density at radius 3 is 2.10 bits per heavy atom. The number of nitrogens with zero attached hydrogens (tertiary/aromatic N) is 1. The fraction of sp³-hybridized carbons (Fsp3) is 0.250. The number of hydrogen-bond donors (Lipinski definition) is 2. The van der Waals surface area contributed by atoms with Gasteiger partial charge in [0, 0.05) is 25.9 Å². The SMILES string of the molecule is CCNS(=O)(=O)c1ccc(CCC(=O)N(Cc2ccccc2)C(Cc2ccccc2)C(=O)NCc2ccco2)cc1. The van der Waals surface area contributed by atoms with Crippen LogP contribution in [0.4, 0.5) is 0 Å². The summed E-state index contributed by atoms with van der Waals surface area (Å²) in [5.74, 6) is 0.178. The lowest BCUT2D eigenvalue weighted by Gasteiger charge is -2.31. The van der Waals surface area contributed by atoms with Crippen molar-refractivity contribution in [2.24, 2.45) is 0 Å². The summed E-state index contributed by atoms with van der Waals surface area (Å²) in [6.45, 7) is 2.51. The van der Waals surface area contributed by atoms with Gasteiger partial charge in [-0.2, -0.15) is 0 Å². The van der Waals surface area contributed by atoms with Crippen molar-refractivity contribution in [3.8, 4) is 0 Å². The van der Waals surface area contributed by atoms with E-state index in [1.165, 1.54) is 0 Å². The smallest absolute Gasteiger partial charge is 0.243 e. The minimum Gasteiger partial charge on any atom is -0.467 e. The highest BCUT2D eigenvalue weighted by atomic mass is 32.2. The zero-order valence-electron chi connectivity index (χ0n) is 23.0. The molecule has 0 bridgehead atoms. The van der Waals surface area contributed by atoms with E-state index < -0.39 is 16.1 Å². The van der Waals surface area contributed by atoms with Gasteiger partial charge in [0.25, 0.3) is 0 Å². The first-order valence-corrected chi connectivity index (χ1v) is 15.1. The van der Waals surface area contributed by atoms with Crippen LogP contribution >= 0.6 is 0 Å². The Balaban J connectivity index is 1.56. The van der Waals surface area contributed by atoms with Gasteiger partial charge in [0.05, 0.1) is 17.7 Å². The highest BCUT2D eigenvalue weighted by Gasteiger charge is 2.30. The average molecular weight is 574 g/mol. The first-order chi connectivity index (χ1) is 19.9. The zero-order valence-corrected chi connectivity index (χ0v) is 23.8. The van der Waals surface area contributed by atoms with Gasteiger partial charge in [0.15, 0.2) is 0 Å². The molecule has 2 amide bonds. The molecule has 8 nitrogen and oxygen atoms in total. The van der Waals surface area contributed by atoms with E-state index in [2.05, 4.69) is 10.0 Å². The molecular weight excluding hydrogens is 538 g/mol. The number of rotatable bonds is 14. The molecule has 0 saturated carbocycles. The summed E-state index contributed by atoms with van der Waals surface area (Å²) >= 11 is 0. The zero-order chi connectivity index (χ0) is 29.1. The molecule has 1 unspecified atom stereocenters. The molecule has 1 atom stereocenters. The van der Waals surface area contributed by atoms with Crippen LogP contribution in [0.5, 0.6) is 0 Å². The fourth-order valence-electron chi connectivity index (χ4n) is 4.54. The van der Waals surface area contributed by atoms with Gasteiger partial charge in [-0.05, 0) is 47.4 Å². The lowest BCUT2D eigenvalue weighted by molar-refractivity contribution is -0.141. The maximum atomic E-state index is 13.8. The van der Waals surface area contributed by atoms with Gasteiger partial charge in [0.2, 0.25) is 21.8 Å². The number of nitrogens with one attached hydrogen (secondary N) is 2. The molecule has 0 aliphatic rings. The minimum absolute atomic E-state index is 0.156. The number of benzene rings is 3. The van der Waals surface area contributed by atoms with Gasteiger partial charge >= 0.3 is 0 Å². The summed E-state index contributed by atoms with van der Waals surface area (Å²) in [4.78, 5) is 29.3. The van der Waals surface area contributed by atoms with Crippen molar-refractivity contribution >= 4 is 21.8 Å². The number of amides is 2. The van der Waals surface area contributed by atoms with E-state index in [-0.39, 0.29) is 36.2 Å². The van der Waals surface area contributed by atoms with Crippen LogP contribution in [0.1, 0.15) is 35.8 Å². The van der Waals surface area contributed by atoms with E-state index in [0.717, 1.165) is 16.7 Å². The van der Waals surface area contributed by atoms with Crippen molar-refractivity contribution in [3.05, 3.63) is 126 Å². The molecule has 1 aromatic heterocycles. The normalized spacial score (nSPS) is 12.0. The van der Waals surface area contributed by atoms with Gasteiger partial charge in [-0.25, -0.2) is 13.1 Å². The number of sulfonamides is 1. The number of carbonyl (C=O) groups excluding carboxylic acids is 2. The third kappa shape index (κ3) is 8.64. The van der Waals surface area contributed by atoms with Crippen molar-refractivity contribution in [2.45, 2.75) is 50.2 Å². The summed E-state index contributed by atoms with van der Waals surface area (Å²) in [5, 5.41) is 2.94. The van der Waals surface area contributed by atoms with Crippen molar-refractivity contribution in [3.63, 3.8) is 0 Å². The third-order valence-corrected chi connectivity index (χ3v) is 8.24. The van der Waals surface area contributed by atoms with Crippen LogP contribution in [-0.4, -0.2) is 37.7 Å². The van der Waals surface area contributed by atoms with Crippen LogP contribution in [0.3, 0.4) is 0 Å². The molecule has 2 N–H and O–H groups in total. The summed E-state index contributed by atoms with van der Waals surface area (Å²) in [6, 6.07) is 28.5. The largest absolute Gasteiger partial charge is 0.467 e. The van der Waals surface area contributed by atoms with Crippen molar-refractivity contribution < 1.29 is 22.4 Å². The predicted octanol–water partition coefficient (Wildman–Crippen LogP) is 4.47. The molecule has 0 aliphatic heterocycles. The van der Waals surface area contributed by atoms with E-state index in [4.69, 9.17) is 4.42 Å². The number of hydrogen-bond acceptors (Lipinski definition) is 5. The van der Waals surface area contributed by atoms with E-state index in [9.17, 15) is 18.0 Å². The molecule has 41 heavy (non-hydrogen) atoms. The van der Waals surface area contributed by atoms with E-state index in [1.54, 1.807) is 54.5 Å². The Morgan fingerprint density at radius 1 is 0.829 bits per heavy atom. The molecule has 214 valence electrons. The van der Waals surface area contributed by atoms with Crippen LogP contribution in [0.2, 0.25) is 0 Å². The monoisotopic (exact) mass is 573 g/mol. The van der Waals surface area contributed by atoms with E-state index in [1.807, 2.05) is 60.7 Å². The Bertz CT molecular complexity index is 1490. The first-order valence-electron chi connectivity index (χ1n) is 13.6. The second-order valence-electron chi connectivity index (χ2n) is 9.66. The summed E-state index contributed by atoms with van der Waals surface area (Å²) in [7, 11) is -3.56. The maximum absolute atomic E-state index is 13.8. The van der Waals surface area contributed by atoms with Crippen LogP contribution in [0, 0.1) is 0 Å². The van der Waals surface area contributed by atoms with Crippen molar-refractivity contribution in [1.82, 2.24) is 14.9 Å². The van der Waals surface area contributed by atoms with E-state index in [0.29, 0.717) is 25.1 Å². The van der Waals surface area contributed by atoms with Gasteiger partial charge < -0.3 is 14.6 Å². The lowest BCUT2D eigenvalue weighted by Crippen LogP contribution is -2.50. The van der Waals surface area contributed by atoms with Crippen LogP contribution in [-0.2, 0) is 45.5 Å². The quantitative estimate of drug-likeness (QED) is 0.232. The summed E-state index contributed by atoms with van der Waals surface area (Å²) in [5.41, 5.74) is 2.68. The molecule has 0 radical (unpaired) electrons. The van der Waals surface area contributed by atoms with Crippen molar-refractivity contribution in [2.75, 3.05) is 6.54 Å². The van der Waals surface area contributed by atoms with Crippen molar-refractivity contribution in [1.29, 1.82) is 0 Å². The van der Waals surface area contributed by atoms with Crippen LogP contribution in [0.15, 0.2) is 113 Å². The van der Waals surface area contributed by atoms with Crippen LogP contribution in [0.25, 0.3) is 0 Å². The second-order valence-corrected chi connectivity index (χ2v) is 11.4. The lowest BCUT2D eigenvalue weighted by atomic mass is 10.0. The molecule has 1 heterocycles. The highest BCUT2D eigenvalue weighted by Crippen LogP contribution is 2.18. The van der Waals surface area contributed by atoms with Gasteiger partial charge in [-0.1, -0.05) is 79.7 Å². The van der Waals surface area contributed by atoms with Crippen LogP contribution < -0.4 is 10.0 Å². The minimum atomic E-state index is -3.56. The molecular formula is C32H35N3O5S. The molecule has 0 fully saturated rings. The average Bonchev–Trinajstić information content (AvgIpc) is 3.51. The van der Waals surface area contributed by atoms with E-state index >= 15 is 0 Å². The molecule has 0 spiro atoms. The summed E-state index contributed by atoms with van der Waals surface area (Å²) in [6.07, 6.45) is 2.46. The van der Waals surface area contributed by atoms with Gasteiger partial charge in [0.1, 0.15) is 11.8 Å². The molecule has 0 aliphatic carbocycles. The topological polar surface area (TPSA) is 109 Å². The number of furan rings is 1. The maximum Gasteiger partial charge on any atom is 0.243 e. The molecule has 9 heteroatoms. The molecule has 3 aromatic carbocycles. The fourth-order valence-corrected chi connectivity index (χ4v) is 5.58. The predicted molar refractivity (Wildman–Crippen MR) is 157 cm³/mol. The molecule has 4 aromatic rings. The first kappa shape index (κ1) is 29.8. The standard InChI is InChI=1S/C32H35N3O5S/c1-2-34-41(38,39)29-18-15-25(16-19-29)17-20-31(36)35(24-27-12-7-4-8-13-27)30(22-26-10-5-3-6-11-26)32(37)33-23-28-14-9-21-40-28/h3-16,18-19,21,30,34H,2,17,20,22-24H2,1H3,(H,33,37). The van der Waals surface area contributed by atoms with Gasteiger partial charge in [-0.15, -0.1) is 0 Å². The number of carbonyl (C=O) groups is 2. The highest BCUT2D eigenvalue weighted by molar-refractivity contribution is 7.89. The Kier molecular flexibility index (Phi) is 10.5. The van der Waals surface area contributed by atoms with Gasteiger partial charge in [-0.3, -0.25) is 9.59 Å². The molecule has 4 rings (SSSR count). The Morgan fingerprint density at radius 2 is 1.49 bits per heavy atom. The third-order valence-electron chi connectivity index (χ3n) is 6.68. The number of aryl methyl sites for hydroxylation is 1. The molecule has 0 saturated heterocycles. The second kappa shape index (κ2) is 14.4.